The molecule has 0 aromatic heterocycles. The van der Waals surface area contributed by atoms with E-state index in [-0.39, 0.29) is 30.7 Å². The fourth-order valence-electron chi connectivity index (χ4n) is 1.41. The molecule has 0 heterocycles. The lowest BCUT2D eigenvalue weighted by atomic mass is 9.81. The number of carboxylic acid groups (broad SMARTS) is 1. The molecule has 1 N–H and O–H groups in total. The molecule has 0 aliphatic carbocycles. The van der Waals surface area contributed by atoms with E-state index in [9.17, 15) is 9.59 Å². The topological polar surface area (TPSA) is 72.8 Å². The summed E-state index contributed by atoms with van der Waals surface area (Å²) in [7, 11) is 0. The van der Waals surface area contributed by atoms with E-state index < -0.39 is 11.4 Å². The highest BCUT2D eigenvalue weighted by atomic mass is 16.6. The lowest BCUT2D eigenvalue weighted by Crippen LogP contribution is -2.32. The summed E-state index contributed by atoms with van der Waals surface area (Å²) in [5.41, 5.74) is -0.323. The Bertz CT molecular complexity index is 488. The van der Waals surface area contributed by atoms with Gasteiger partial charge >= 0.3 is 11.9 Å². The molecule has 0 bridgehead atoms. The summed E-state index contributed by atoms with van der Waals surface area (Å²) in [5, 5.41) is 8.77. The number of hydrogen-bond acceptors (Lipinski definition) is 4. The predicted molar refractivity (Wildman–Crippen MR) is 78.5 cm³/mol. The van der Waals surface area contributed by atoms with E-state index in [0.29, 0.717) is 5.75 Å². The Labute approximate surface area is 124 Å². The van der Waals surface area contributed by atoms with E-state index in [4.69, 9.17) is 14.6 Å². The molecule has 0 unspecified atom stereocenters. The van der Waals surface area contributed by atoms with E-state index >= 15 is 0 Å². The van der Waals surface area contributed by atoms with Gasteiger partial charge in [0, 0.05) is 0 Å². The Kier molecular flexibility index (Phi) is 5.76. The molecular weight excluding hydrogens is 272 g/mol. The van der Waals surface area contributed by atoms with Crippen LogP contribution in [0, 0.1) is 11.3 Å². The number of aromatic carboxylic acids is 1. The van der Waals surface area contributed by atoms with Crippen molar-refractivity contribution in [1.29, 1.82) is 0 Å². The van der Waals surface area contributed by atoms with Crippen molar-refractivity contribution in [2.24, 2.45) is 11.3 Å². The van der Waals surface area contributed by atoms with Gasteiger partial charge in [0.15, 0.2) is 0 Å². The summed E-state index contributed by atoms with van der Waals surface area (Å²) in [4.78, 5) is 22.6. The number of carbonyl (C=O) groups is 2. The van der Waals surface area contributed by atoms with Crippen LogP contribution < -0.4 is 4.74 Å². The van der Waals surface area contributed by atoms with Crippen molar-refractivity contribution in [3.63, 3.8) is 0 Å². The number of rotatable bonds is 7. The number of esters is 1. The van der Waals surface area contributed by atoms with Crippen molar-refractivity contribution in [3.05, 3.63) is 29.8 Å². The number of carbonyl (C=O) groups excluding carboxylic acids is 1. The summed E-state index contributed by atoms with van der Waals surface area (Å²) in [6.07, 6.45) is 0. The Morgan fingerprint density at radius 2 is 1.71 bits per heavy atom. The van der Waals surface area contributed by atoms with Gasteiger partial charge in [-0.3, -0.25) is 4.79 Å². The fourth-order valence-corrected chi connectivity index (χ4v) is 1.41. The zero-order valence-corrected chi connectivity index (χ0v) is 12.9. The van der Waals surface area contributed by atoms with Gasteiger partial charge < -0.3 is 14.6 Å². The molecule has 0 fully saturated rings. The average Bonchev–Trinajstić information content (AvgIpc) is 2.43. The van der Waals surface area contributed by atoms with Crippen LogP contribution in [0.5, 0.6) is 5.75 Å². The zero-order chi connectivity index (χ0) is 16.0. The third kappa shape index (κ3) is 4.77. The summed E-state index contributed by atoms with van der Waals surface area (Å²) in [6, 6.07) is 6.07. The molecule has 21 heavy (non-hydrogen) atoms. The number of carboxylic acids is 1. The Morgan fingerprint density at radius 1 is 1.14 bits per heavy atom. The van der Waals surface area contributed by atoms with E-state index in [1.165, 1.54) is 12.1 Å². The largest absolute Gasteiger partial charge is 0.490 e. The fraction of sp³-hybridized carbons (Fsp3) is 0.500. The number of hydrogen-bond donors (Lipinski definition) is 1. The van der Waals surface area contributed by atoms with Gasteiger partial charge in [-0.15, -0.1) is 0 Å². The van der Waals surface area contributed by atoms with Gasteiger partial charge in [0.25, 0.3) is 0 Å². The first-order chi connectivity index (χ1) is 9.75. The normalized spacial score (nSPS) is 11.3. The Morgan fingerprint density at radius 3 is 2.19 bits per heavy atom. The highest BCUT2D eigenvalue weighted by Gasteiger charge is 2.32. The van der Waals surface area contributed by atoms with Gasteiger partial charge in [-0.05, 0) is 44.0 Å². The second kappa shape index (κ2) is 7.11. The second-order valence-electron chi connectivity index (χ2n) is 5.69. The van der Waals surface area contributed by atoms with E-state index in [0.717, 1.165) is 0 Å². The molecule has 0 saturated carbocycles. The van der Waals surface area contributed by atoms with Crippen molar-refractivity contribution < 1.29 is 24.2 Å². The first-order valence-electron chi connectivity index (χ1n) is 6.88. The van der Waals surface area contributed by atoms with Crippen LogP contribution in [0.1, 0.15) is 38.1 Å². The number of ether oxygens (including phenoxy) is 2. The van der Waals surface area contributed by atoms with Crippen molar-refractivity contribution in [2.45, 2.75) is 27.7 Å². The van der Waals surface area contributed by atoms with Gasteiger partial charge in [0.1, 0.15) is 19.0 Å². The maximum absolute atomic E-state index is 11.9. The summed E-state index contributed by atoms with van der Waals surface area (Å²) in [5.74, 6) is -0.498. The highest BCUT2D eigenvalue weighted by Crippen LogP contribution is 2.27. The molecule has 1 rings (SSSR count). The van der Waals surface area contributed by atoms with Gasteiger partial charge in [-0.1, -0.05) is 13.8 Å². The minimum atomic E-state index is -0.980. The summed E-state index contributed by atoms with van der Waals surface area (Å²) in [6.45, 7) is 8.04. The summed E-state index contributed by atoms with van der Waals surface area (Å²) < 4.78 is 10.6. The molecule has 1 aromatic rings. The molecule has 116 valence electrons. The maximum Gasteiger partial charge on any atom is 0.335 e. The molecule has 0 atom stereocenters. The standard InChI is InChI=1S/C16H22O5/c1-11(2)16(3,4)15(19)21-10-9-20-13-7-5-12(6-8-13)14(17)18/h5-8,11H,9-10H2,1-4H3,(H,17,18). The molecule has 5 heteroatoms. The minimum Gasteiger partial charge on any atom is -0.490 e. The number of benzene rings is 1. The van der Waals surface area contributed by atoms with Crippen molar-refractivity contribution in [3.8, 4) is 5.75 Å². The molecule has 1 aromatic carbocycles. The molecule has 0 aliphatic rings. The lowest BCUT2D eigenvalue weighted by Gasteiger charge is -2.26. The molecule has 0 amide bonds. The maximum atomic E-state index is 11.9. The van der Waals surface area contributed by atoms with Crippen LogP contribution in [-0.2, 0) is 9.53 Å². The van der Waals surface area contributed by atoms with E-state index in [1.807, 2.05) is 27.7 Å². The third-order valence-electron chi connectivity index (χ3n) is 3.66. The summed E-state index contributed by atoms with van der Waals surface area (Å²) >= 11 is 0. The van der Waals surface area contributed by atoms with Crippen LogP contribution in [0.2, 0.25) is 0 Å². The van der Waals surface area contributed by atoms with Gasteiger partial charge in [-0.2, -0.15) is 0 Å². The quantitative estimate of drug-likeness (QED) is 0.618. The zero-order valence-electron chi connectivity index (χ0n) is 12.9. The van der Waals surface area contributed by atoms with E-state index in [1.54, 1.807) is 12.1 Å². The van der Waals surface area contributed by atoms with Crippen LogP contribution >= 0.6 is 0 Å². The van der Waals surface area contributed by atoms with Crippen molar-refractivity contribution in [1.82, 2.24) is 0 Å². The van der Waals surface area contributed by atoms with Crippen molar-refractivity contribution >= 4 is 11.9 Å². The minimum absolute atomic E-state index is 0.162. The first-order valence-corrected chi connectivity index (χ1v) is 6.88. The van der Waals surface area contributed by atoms with Crippen LogP contribution in [0.15, 0.2) is 24.3 Å². The van der Waals surface area contributed by atoms with Crippen LogP contribution in [0.4, 0.5) is 0 Å². The third-order valence-corrected chi connectivity index (χ3v) is 3.66. The van der Waals surface area contributed by atoms with Crippen LogP contribution in [0.25, 0.3) is 0 Å². The molecule has 5 nitrogen and oxygen atoms in total. The lowest BCUT2D eigenvalue weighted by molar-refractivity contribution is -0.157. The SMILES string of the molecule is CC(C)C(C)(C)C(=O)OCCOc1ccc(C(=O)O)cc1. The van der Waals surface area contributed by atoms with Crippen molar-refractivity contribution in [2.75, 3.05) is 13.2 Å². The molecule has 0 radical (unpaired) electrons. The van der Waals surface area contributed by atoms with Gasteiger partial charge in [0.05, 0.1) is 11.0 Å². The molecule has 0 spiro atoms. The Balaban J connectivity index is 2.37. The predicted octanol–water partition coefficient (Wildman–Crippen LogP) is 2.99. The van der Waals surface area contributed by atoms with Crippen LogP contribution in [-0.4, -0.2) is 30.3 Å². The molecule has 0 saturated heterocycles. The molecule has 0 aliphatic heterocycles. The van der Waals surface area contributed by atoms with Gasteiger partial charge in [-0.25, -0.2) is 4.79 Å². The molecular formula is C16H22O5. The van der Waals surface area contributed by atoms with Gasteiger partial charge in [0.2, 0.25) is 0 Å². The monoisotopic (exact) mass is 294 g/mol. The highest BCUT2D eigenvalue weighted by molar-refractivity contribution is 5.87. The van der Waals surface area contributed by atoms with E-state index in [2.05, 4.69) is 0 Å². The van der Waals surface area contributed by atoms with Crippen LogP contribution in [0.3, 0.4) is 0 Å². The Hall–Kier alpha value is -2.04. The second-order valence-corrected chi connectivity index (χ2v) is 5.69. The smallest absolute Gasteiger partial charge is 0.335 e. The average molecular weight is 294 g/mol. The first kappa shape index (κ1) is 17.0.